The zero-order valence-corrected chi connectivity index (χ0v) is 21.7. The van der Waals surface area contributed by atoms with Gasteiger partial charge in [-0.25, -0.2) is 8.42 Å². The molecule has 0 aliphatic heterocycles. The highest BCUT2D eigenvalue weighted by molar-refractivity contribution is 7.92. The molecule has 0 bridgehead atoms. The van der Waals surface area contributed by atoms with Gasteiger partial charge in [-0.15, -0.1) is 0 Å². The number of rotatable bonds is 11. The Labute approximate surface area is 206 Å². The first kappa shape index (κ1) is 27.5. The maximum atomic E-state index is 13.5. The van der Waals surface area contributed by atoms with Crippen molar-refractivity contribution in [1.29, 1.82) is 0 Å². The normalized spacial score (nSPS) is 12.2. The maximum absolute atomic E-state index is 13.5. The number of halogens is 1. The molecule has 0 saturated heterocycles. The highest BCUT2D eigenvalue weighted by Crippen LogP contribution is 2.22. The summed E-state index contributed by atoms with van der Waals surface area (Å²) in [6.45, 7) is 5.67. The average molecular weight is 510 g/mol. The highest BCUT2D eigenvalue weighted by atomic mass is 35.5. The fourth-order valence-electron chi connectivity index (χ4n) is 3.22. The number of carbonyl (C=O) groups is 2. The Balaban J connectivity index is 2.37. The van der Waals surface area contributed by atoms with Crippen molar-refractivity contribution in [1.82, 2.24) is 10.2 Å². The molecule has 1 atom stereocenters. The lowest BCUT2D eigenvalue weighted by Gasteiger charge is -2.31. The van der Waals surface area contributed by atoms with Crippen molar-refractivity contribution in [2.75, 3.05) is 30.8 Å². The summed E-state index contributed by atoms with van der Waals surface area (Å²) in [6, 6.07) is 12.5. The lowest BCUT2D eigenvalue weighted by molar-refractivity contribution is -0.139. The van der Waals surface area contributed by atoms with Crippen molar-refractivity contribution in [3.05, 3.63) is 59.1 Å². The molecule has 34 heavy (non-hydrogen) atoms. The third-order valence-electron chi connectivity index (χ3n) is 5.13. The summed E-state index contributed by atoms with van der Waals surface area (Å²) in [7, 11) is -2.25. The van der Waals surface area contributed by atoms with Gasteiger partial charge in [0.2, 0.25) is 21.8 Å². The number of ether oxygens (including phenoxy) is 1. The second-order valence-electron chi connectivity index (χ2n) is 8.43. The number of sulfonamides is 1. The summed E-state index contributed by atoms with van der Waals surface area (Å²) in [5.41, 5.74) is 1.05. The Morgan fingerprint density at radius 2 is 1.74 bits per heavy atom. The summed E-state index contributed by atoms with van der Waals surface area (Å²) in [5, 5.41) is 3.29. The molecule has 0 heterocycles. The highest BCUT2D eigenvalue weighted by Gasteiger charge is 2.30. The summed E-state index contributed by atoms with van der Waals surface area (Å²) in [4.78, 5) is 27.7. The van der Waals surface area contributed by atoms with E-state index in [9.17, 15) is 18.0 Å². The molecule has 2 rings (SSSR count). The molecule has 8 nitrogen and oxygen atoms in total. The molecule has 0 fully saturated rings. The van der Waals surface area contributed by atoms with Crippen LogP contribution in [-0.4, -0.2) is 57.6 Å². The molecule has 186 valence electrons. The lowest BCUT2D eigenvalue weighted by Crippen LogP contribution is -2.51. The molecule has 0 aliphatic carbocycles. The Bertz CT molecular complexity index is 1090. The van der Waals surface area contributed by atoms with E-state index in [1.54, 1.807) is 44.4 Å². The van der Waals surface area contributed by atoms with E-state index in [2.05, 4.69) is 5.32 Å². The first-order valence-corrected chi connectivity index (χ1v) is 13.1. The number of nitrogens with one attached hydrogen (secondary N) is 1. The largest absolute Gasteiger partial charge is 0.497 e. The molecule has 0 saturated carbocycles. The summed E-state index contributed by atoms with van der Waals surface area (Å²) < 4.78 is 31.3. The van der Waals surface area contributed by atoms with Crippen LogP contribution >= 0.6 is 11.6 Å². The molecular weight excluding hydrogens is 478 g/mol. The Kier molecular flexibility index (Phi) is 9.76. The van der Waals surface area contributed by atoms with Crippen LogP contribution in [0.4, 0.5) is 5.69 Å². The minimum atomic E-state index is -3.79. The molecule has 0 radical (unpaired) electrons. The van der Waals surface area contributed by atoms with Gasteiger partial charge in [-0.3, -0.25) is 13.9 Å². The van der Waals surface area contributed by atoms with Crippen LogP contribution in [-0.2, 0) is 26.2 Å². The second-order valence-corrected chi connectivity index (χ2v) is 10.8. The Morgan fingerprint density at radius 1 is 1.09 bits per heavy atom. The molecule has 2 aromatic rings. The van der Waals surface area contributed by atoms with E-state index < -0.39 is 28.5 Å². The number of anilines is 1. The minimum absolute atomic E-state index is 0.102. The van der Waals surface area contributed by atoms with Gasteiger partial charge >= 0.3 is 0 Å². The molecule has 0 spiro atoms. The van der Waals surface area contributed by atoms with Crippen LogP contribution in [0.15, 0.2) is 48.5 Å². The number of amides is 2. The second kappa shape index (κ2) is 12.1. The number of hydrogen-bond acceptors (Lipinski definition) is 5. The van der Waals surface area contributed by atoms with E-state index in [0.717, 1.165) is 16.1 Å². The van der Waals surface area contributed by atoms with Crippen molar-refractivity contribution < 1.29 is 22.7 Å². The minimum Gasteiger partial charge on any atom is -0.497 e. The van der Waals surface area contributed by atoms with Crippen LogP contribution in [0.25, 0.3) is 0 Å². The van der Waals surface area contributed by atoms with Gasteiger partial charge in [0.15, 0.2) is 0 Å². The van der Waals surface area contributed by atoms with Crippen molar-refractivity contribution in [2.45, 2.75) is 33.4 Å². The maximum Gasteiger partial charge on any atom is 0.244 e. The number of methoxy groups -OCH3 is 1. The van der Waals surface area contributed by atoms with Crippen LogP contribution in [0.5, 0.6) is 5.75 Å². The van der Waals surface area contributed by atoms with Gasteiger partial charge in [0, 0.05) is 18.1 Å². The smallest absolute Gasteiger partial charge is 0.244 e. The number of hydrogen-bond donors (Lipinski definition) is 1. The predicted molar refractivity (Wildman–Crippen MR) is 134 cm³/mol. The van der Waals surface area contributed by atoms with Crippen LogP contribution < -0.4 is 14.4 Å². The van der Waals surface area contributed by atoms with Crippen molar-refractivity contribution in [3.8, 4) is 5.75 Å². The third kappa shape index (κ3) is 7.92. The standard InChI is InChI=1S/C24H32ClN3O5S/c1-17(2)14-26-24(30)18(3)27(15-19-7-6-8-22(13-19)33-4)23(29)16-28(34(5,31)32)21-11-9-20(25)10-12-21/h6-13,17-18H,14-16H2,1-5H3,(H,26,30). The molecule has 1 N–H and O–H groups in total. The number of carbonyl (C=O) groups excluding carboxylic acids is 2. The van der Waals surface area contributed by atoms with Gasteiger partial charge in [0.25, 0.3) is 0 Å². The molecule has 10 heteroatoms. The predicted octanol–water partition coefficient (Wildman–Crippen LogP) is 3.30. The fraction of sp³-hybridized carbons (Fsp3) is 0.417. The van der Waals surface area contributed by atoms with Crippen molar-refractivity contribution in [3.63, 3.8) is 0 Å². The van der Waals surface area contributed by atoms with Crippen LogP contribution in [0.1, 0.15) is 26.3 Å². The first-order chi connectivity index (χ1) is 15.9. The number of benzene rings is 2. The Hall–Kier alpha value is -2.78. The van der Waals surface area contributed by atoms with Gasteiger partial charge in [-0.05, 0) is 54.8 Å². The van der Waals surface area contributed by atoms with Crippen LogP contribution in [0, 0.1) is 5.92 Å². The van der Waals surface area contributed by atoms with E-state index >= 15 is 0 Å². The van der Waals surface area contributed by atoms with E-state index in [1.165, 1.54) is 17.0 Å². The molecule has 2 amide bonds. The monoisotopic (exact) mass is 509 g/mol. The molecule has 0 aliphatic rings. The van der Waals surface area contributed by atoms with Gasteiger partial charge in [0.05, 0.1) is 19.1 Å². The zero-order valence-electron chi connectivity index (χ0n) is 20.1. The molecule has 0 aromatic heterocycles. The first-order valence-electron chi connectivity index (χ1n) is 10.9. The third-order valence-corrected chi connectivity index (χ3v) is 6.53. The van der Waals surface area contributed by atoms with Crippen molar-refractivity contribution >= 4 is 39.1 Å². The zero-order chi connectivity index (χ0) is 25.5. The molecule has 2 aromatic carbocycles. The molecular formula is C24H32ClN3O5S. The summed E-state index contributed by atoms with van der Waals surface area (Å²) in [6.07, 6.45) is 1.03. The SMILES string of the molecule is COc1cccc(CN(C(=O)CN(c2ccc(Cl)cc2)S(C)(=O)=O)C(C)C(=O)NCC(C)C)c1. The van der Waals surface area contributed by atoms with Crippen LogP contribution in [0.2, 0.25) is 5.02 Å². The fourth-order valence-corrected chi connectivity index (χ4v) is 4.20. The topological polar surface area (TPSA) is 96.0 Å². The van der Waals surface area contributed by atoms with E-state index in [0.29, 0.717) is 23.0 Å². The van der Waals surface area contributed by atoms with E-state index in [-0.39, 0.29) is 18.4 Å². The lowest BCUT2D eigenvalue weighted by atomic mass is 10.1. The van der Waals surface area contributed by atoms with Gasteiger partial charge < -0.3 is 15.0 Å². The average Bonchev–Trinajstić information content (AvgIpc) is 2.78. The quantitative estimate of drug-likeness (QED) is 0.501. The summed E-state index contributed by atoms with van der Waals surface area (Å²) in [5.74, 6) is 0.0165. The van der Waals surface area contributed by atoms with Crippen LogP contribution in [0.3, 0.4) is 0 Å². The van der Waals surface area contributed by atoms with E-state index in [4.69, 9.17) is 16.3 Å². The van der Waals surface area contributed by atoms with Gasteiger partial charge in [-0.1, -0.05) is 37.6 Å². The number of nitrogens with zero attached hydrogens (tertiary/aromatic N) is 2. The summed E-state index contributed by atoms with van der Waals surface area (Å²) >= 11 is 5.93. The Morgan fingerprint density at radius 3 is 2.29 bits per heavy atom. The van der Waals surface area contributed by atoms with E-state index in [1.807, 2.05) is 19.9 Å². The molecule has 1 unspecified atom stereocenters. The van der Waals surface area contributed by atoms with Gasteiger partial charge in [-0.2, -0.15) is 0 Å². The van der Waals surface area contributed by atoms with Crippen molar-refractivity contribution in [2.24, 2.45) is 5.92 Å². The van der Waals surface area contributed by atoms with Gasteiger partial charge in [0.1, 0.15) is 18.3 Å².